The zero-order valence-corrected chi connectivity index (χ0v) is 11.1. The molecule has 0 aromatic heterocycles. The van der Waals surface area contributed by atoms with E-state index in [1.54, 1.807) is 54.6 Å². The van der Waals surface area contributed by atoms with Gasteiger partial charge in [-0.25, -0.2) is 0 Å². The van der Waals surface area contributed by atoms with Crippen LogP contribution in [0.25, 0.3) is 0 Å². The first kappa shape index (κ1) is 14.0. The molecule has 0 saturated heterocycles. The Morgan fingerprint density at radius 2 is 1.53 bits per heavy atom. The molecule has 5 heteroatoms. The van der Waals surface area contributed by atoms with E-state index in [2.05, 4.69) is 0 Å². The van der Waals surface area contributed by atoms with Crippen LogP contribution in [-0.2, 0) is 15.3 Å². The molecule has 4 nitrogen and oxygen atoms in total. The maximum atomic E-state index is 11.9. The minimum absolute atomic E-state index is 0.127. The van der Waals surface area contributed by atoms with Gasteiger partial charge in [0.25, 0.3) is 0 Å². The summed E-state index contributed by atoms with van der Waals surface area (Å²) < 4.78 is 16.8. The summed E-state index contributed by atoms with van der Waals surface area (Å²) in [6, 6.07) is 17.4. The summed E-state index contributed by atoms with van der Waals surface area (Å²) >= 11 is 0. The first-order chi connectivity index (χ1) is 9.07. The lowest BCUT2D eigenvalue weighted by Crippen LogP contribution is -2.03. The van der Waals surface area contributed by atoms with E-state index < -0.39 is 13.9 Å². The molecule has 2 rings (SSSR count). The lowest BCUT2D eigenvalue weighted by Gasteiger charge is -2.17. The van der Waals surface area contributed by atoms with Crippen molar-refractivity contribution in [3.05, 3.63) is 71.8 Å². The van der Waals surface area contributed by atoms with Gasteiger partial charge in [0.05, 0.1) is 6.16 Å². The number of aliphatic hydroxyl groups is 1. The van der Waals surface area contributed by atoms with Gasteiger partial charge in [0.1, 0.15) is 0 Å². The summed E-state index contributed by atoms with van der Waals surface area (Å²) in [5.74, 6) is 0. The van der Waals surface area contributed by atoms with E-state index in [9.17, 15) is 14.6 Å². The van der Waals surface area contributed by atoms with Crippen LogP contribution in [0.2, 0.25) is 0 Å². The van der Waals surface area contributed by atoms with Gasteiger partial charge in [0.15, 0.2) is 6.29 Å². The molecule has 0 radical (unpaired) electrons. The van der Waals surface area contributed by atoms with Crippen molar-refractivity contribution in [3.63, 3.8) is 0 Å². The van der Waals surface area contributed by atoms with Crippen LogP contribution in [0, 0.1) is 0 Å². The molecule has 0 saturated carbocycles. The summed E-state index contributed by atoms with van der Waals surface area (Å²) in [4.78, 5) is 9.77. The minimum Gasteiger partial charge on any atom is -0.364 e. The van der Waals surface area contributed by atoms with E-state index in [1.165, 1.54) is 0 Å². The van der Waals surface area contributed by atoms with Gasteiger partial charge in [-0.15, -0.1) is 0 Å². The third-order valence-electron chi connectivity index (χ3n) is 2.57. The van der Waals surface area contributed by atoms with Gasteiger partial charge < -0.3 is 10.00 Å². The molecule has 19 heavy (non-hydrogen) atoms. The summed E-state index contributed by atoms with van der Waals surface area (Å²) in [6.45, 7) is 0. The van der Waals surface area contributed by atoms with E-state index in [0.717, 1.165) is 0 Å². The molecule has 2 atom stereocenters. The first-order valence-corrected chi connectivity index (χ1v) is 7.60. The number of benzene rings is 2. The second-order valence-corrected chi connectivity index (χ2v) is 5.95. The number of hydrogen-bond donors (Lipinski definition) is 2. The molecular formula is C14H15O4P. The lowest BCUT2D eigenvalue weighted by atomic mass is 10.2. The lowest BCUT2D eigenvalue weighted by molar-refractivity contribution is -0.0267. The molecule has 0 aliphatic rings. The summed E-state index contributed by atoms with van der Waals surface area (Å²) in [6.07, 6.45) is -1.53. The van der Waals surface area contributed by atoms with Crippen LogP contribution >= 0.6 is 7.60 Å². The van der Waals surface area contributed by atoms with Crippen molar-refractivity contribution in [2.75, 3.05) is 0 Å². The fraction of sp³-hybridized carbons (Fsp3) is 0.143. The van der Waals surface area contributed by atoms with Gasteiger partial charge in [-0.05, 0) is 5.56 Å². The molecule has 0 amide bonds. The van der Waals surface area contributed by atoms with Gasteiger partial charge in [-0.2, -0.15) is 0 Å². The highest BCUT2D eigenvalue weighted by Crippen LogP contribution is 2.49. The van der Waals surface area contributed by atoms with Crippen molar-refractivity contribution >= 4 is 7.60 Å². The van der Waals surface area contributed by atoms with Crippen molar-refractivity contribution in [1.82, 2.24) is 0 Å². The average Bonchev–Trinajstić information content (AvgIpc) is 2.39. The normalized spacial score (nSPS) is 15.7. The molecular weight excluding hydrogens is 263 g/mol. The van der Waals surface area contributed by atoms with Gasteiger partial charge in [-0.1, -0.05) is 60.7 Å². The monoisotopic (exact) mass is 278 g/mol. The van der Waals surface area contributed by atoms with E-state index in [-0.39, 0.29) is 6.16 Å². The Hall–Kier alpha value is -1.45. The molecule has 2 N–H and O–H groups in total. The fourth-order valence-electron chi connectivity index (χ4n) is 1.69. The Kier molecular flexibility index (Phi) is 4.51. The van der Waals surface area contributed by atoms with Crippen LogP contribution in [0.3, 0.4) is 0 Å². The molecule has 0 aliphatic carbocycles. The van der Waals surface area contributed by atoms with Crippen molar-refractivity contribution in [1.29, 1.82) is 0 Å². The van der Waals surface area contributed by atoms with Crippen LogP contribution in [0.4, 0.5) is 0 Å². The van der Waals surface area contributed by atoms with E-state index >= 15 is 0 Å². The Bertz CT molecular complexity index is 556. The van der Waals surface area contributed by atoms with Crippen molar-refractivity contribution in [3.8, 4) is 0 Å². The van der Waals surface area contributed by atoms with Gasteiger partial charge in [0, 0.05) is 5.56 Å². The van der Waals surface area contributed by atoms with Crippen molar-refractivity contribution < 1.29 is 19.1 Å². The van der Waals surface area contributed by atoms with Crippen LogP contribution in [0.1, 0.15) is 17.4 Å². The van der Waals surface area contributed by atoms with E-state index in [1.807, 2.05) is 6.07 Å². The summed E-state index contributed by atoms with van der Waals surface area (Å²) in [5, 5.41) is 9.78. The molecule has 0 aliphatic heterocycles. The molecule has 0 bridgehead atoms. The highest BCUT2D eigenvalue weighted by molar-refractivity contribution is 7.51. The average molecular weight is 278 g/mol. The van der Waals surface area contributed by atoms with Crippen LogP contribution in [0.15, 0.2) is 60.7 Å². The fourth-order valence-corrected chi connectivity index (χ4v) is 2.87. The Morgan fingerprint density at radius 1 is 1.00 bits per heavy atom. The Labute approximate surface area is 111 Å². The number of rotatable bonds is 5. The molecule has 2 aromatic rings. The molecule has 0 spiro atoms. The molecule has 2 unspecified atom stereocenters. The maximum absolute atomic E-state index is 11.9. The predicted molar refractivity (Wildman–Crippen MR) is 72.5 cm³/mol. The van der Waals surface area contributed by atoms with E-state index in [0.29, 0.717) is 11.1 Å². The first-order valence-electron chi connectivity index (χ1n) is 5.84. The third-order valence-corrected chi connectivity index (χ3v) is 3.87. The Balaban J connectivity index is 2.03. The van der Waals surface area contributed by atoms with Gasteiger partial charge >= 0.3 is 7.60 Å². The number of aliphatic hydroxyl groups excluding tert-OH is 1. The molecule has 0 heterocycles. The zero-order valence-electron chi connectivity index (χ0n) is 10.2. The van der Waals surface area contributed by atoms with Crippen molar-refractivity contribution in [2.45, 2.75) is 12.5 Å². The van der Waals surface area contributed by atoms with E-state index in [4.69, 9.17) is 4.52 Å². The predicted octanol–water partition coefficient (Wildman–Crippen LogP) is 3.08. The molecule has 2 aromatic carbocycles. The number of hydrogen-bond acceptors (Lipinski definition) is 3. The minimum atomic E-state index is -3.89. The van der Waals surface area contributed by atoms with Crippen molar-refractivity contribution in [2.24, 2.45) is 0 Å². The largest absolute Gasteiger partial charge is 0.364 e. The second kappa shape index (κ2) is 6.13. The van der Waals surface area contributed by atoms with Gasteiger partial charge in [-0.3, -0.25) is 9.09 Å². The molecule has 0 fully saturated rings. The standard InChI is InChI=1S/C14H15O4P/c15-14(13-9-5-2-6-10-13)18-19(16,17)11-12-7-3-1-4-8-12/h1-10,14-15H,11H2,(H,16,17). The van der Waals surface area contributed by atoms with Gasteiger partial charge in [0.2, 0.25) is 0 Å². The van der Waals surface area contributed by atoms with Crippen LogP contribution in [-0.4, -0.2) is 10.00 Å². The highest BCUT2D eigenvalue weighted by Gasteiger charge is 2.25. The highest BCUT2D eigenvalue weighted by atomic mass is 31.2. The SMILES string of the molecule is O=P(O)(Cc1ccccc1)OC(O)c1ccccc1. The topological polar surface area (TPSA) is 66.8 Å². The third kappa shape index (κ3) is 4.30. The quantitative estimate of drug-likeness (QED) is 0.651. The zero-order chi connectivity index (χ0) is 13.7. The second-order valence-electron chi connectivity index (χ2n) is 4.15. The summed E-state index contributed by atoms with van der Waals surface area (Å²) in [7, 11) is -3.89. The van der Waals surface area contributed by atoms with Crippen LogP contribution < -0.4 is 0 Å². The molecule has 100 valence electrons. The van der Waals surface area contributed by atoms with Crippen LogP contribution in [0.5, 0.6) is 0 Å². The summed E-state index contributed by atoms with van der Waals surface area (Å²) in [5.41, 5.74) is 1.14. The maximum Gasteiger partial charge on any atom is 0.335 e. The Morgan fingerprint density at radius 3 is 2.11 bits per heavy atom. The smallest absolute Gasteiger partial charge is 0.335 e.